The molecule has 1 amide bonds. The summed E-state index contributed by atoms with van der Waals surface area (Å²) in [7, 11) is -3.29. The van der Waals surface area contributed by atoms with Gasteiger partial charge in [-0.2, -0.15) is 0 Å². The van der Waals surface area contributed by atoms with Gasteiger partial charge in [0.25, 0.3) is 0 Å². The summed E-state index contributed by atoms with van der Waals surface area (Å²) in [5.74, 6) is 0.503. The highest BCUT2D eigenvalue weighted by atomic mass is 32.2. The molecule has 0 radical (unpaired) electrons. The predicted octanol–water partition coefficient (Wildman–Crippen LogP) is 4.66. The van der Waals surface area contributed by atoms with Crippen LogP contribution in [0.2, 0.25) is 0 Å². The number of nitrogens with zero attached hydrogens (tertiary/aromatic N) is 1. The third-order valence-corrected chi connectivity index (χ3v) is 6.50. The van der Waals surface area contributed by atoms with Gasteiger partial charge in [-0.25, -0.2) is 13.4 Å². The first-order valence-corrected chi connectivity index (χ1v) is 11.7. The number of rotatable bonds is 5. The summed E-state index contributed by atoms with van der Waals surface area (Å²) in [6.07, 6.45) is 5.07. The van der Waals surface area contributed by atoms with Crippen LogP contribution in [-0.2, 0) is 21.1 Å². The number of nitrogens with one attached hydrogen (secondary N) is 1. The number of sulfone groups is 1. The van der Waals surface area contributed by atoms with E-state index in [0.717, 1.165) is 35.0 Å². The van der Waals surface area contributed by atoms with Crippen molar-refractivity contribution in [3.05, 3.63) is 59.9 Å². The number of furan rings is 1. The molecule has 0 bridgehead atoms. The first kappa shape index (κ1) is 19.4. The van der Waals surface area contributed by atoms with E-state index in [9.17, 15) is 13.2 Å². The Balaban J connectivity index is 1.57. The van der Waals surface area contributed by atoms with Gasteiger partial charge in [0.05, 0.1) is 15.1 Å². The molecule has 0 fully saturated rings. The van der Waals surface area contributed by atoms with Crippen LogP contribution in [-0.4, -0.2) is 25.6 Å². The van der Waals surface area contributed by atoms with Crippen LogP contribution in [0, 0.1) is 0 Å². The van der Waals surface area contributed by atoms with E-state index in [2.05, 4.69) is 10.3 Å². The standard InChI is InChI=1S/C21H18N2O4S2/c1-3-17-15(14-6-4-5-7-18(14)27-17)9-11-20(24)23-21-22-16-10-8-13(29(2,25)26)12-19(16)28-21/h4-12H,3H2,1-2H3,(H,22,23,24). The number of carbonyl (C=O) groups excluding carboxylic acids is 1. The molecule has 0 unspecified atom stereocenters. The zero-order valence-electron chi connectivity index (χ0n) is 15.8. The summed E-state index contributed by atoms with van der Waals surface area (Å²) in [5, 5.41) is 4.11. The Labute approximate surface area is 171 Å². The van der Waals surface area contributed by atoms with E-state index in [1.54, 1.807) is 18.2 Å². The average molecular weight is 427 g/mol. The lowest BCUT2D eigenvalue weighted by Crippen LogP contribution is -2.07. The fourth-order valence-electron chi connectivity index (χ4n) is 3.06. The molecule has 0 aliphatic carbocycles. The predicted molar refractivity (Wildman–Crippen MR) is 116 cm³/mol. The van der Waals surface area contributed by atoms with Gasteiger partial charge in [-0.1, -0.05) is 36.5 Å². The van der Waals surface area contributed by atoms with Crippen molar-refractivity contribution in [2.45, 2.75) is 18.2 Å². The van der Waals surface area contributed by atoms with E-state index in [1.165, 1.54) is 23.5 Å². The molecular formula is C21H18N2O4S2. The number of amides is 1. The van der Waals surface area contributed by atoms with Gasteiger partial charge in [-0.05, 0) is 30.3 Å². The van der Waals surface area contributed by atoms with Crippen LogP contribution in [0.3, 0.4) is 0 Å². The van der Waals surface area contributed by atoms with Gasteiger partial charge in [0, 0.05) is 29.7 Å². The highest BCUT2D eigenvalue weighted by Gasteiger charge is 2.13. The Bertz CT molecular complexity index is 1360. The minimum Gasteiger partial charge on any atom is -0.460 e. The van der Waals surface area contributed by atoms with Crippen LogP contribution < -0.4 is 5.32 Å². The van der Waals surface area contributed by atoms with E-state index in [4.69, 9.17) is 4.42 Å². The molecule has 29 heavy (non-hydrogen) atoms. The SMILES string of the molecule is CCc1oc2ccccc2c1C=CC(=O)Nc1nc2ccc(S(C)(=O)=O)cc2s1. The summed E-state index contributed by atoms with van der Waals surface area (Å²) >= 11 is 1.23. The van der Waals surface area contributed by atoms with Gasteiger partial charge in [0.15, 0.2) is 15.0 Å². The summed E-state index contributed by atoms with van der Waals surface area (Å²) in [6, 6.07) is 12.4. The minimum absolute atomic E-state index is 0.227. The number of aromatic nitrogens is 1. The smallest absolute Gasteiger partial charge is 0.250 e. The molecule has 2 aromatic carbocycles. The molecular weight excluding hydrogens is 408 g/mol. The highest BCUT2D eigenvalue weighted by Crippen LogP contribution is 2.29. The van der Waals surface area contributed by atoms with Crippen LogP contribution in [0.1, 0.15) is 18.2 Å². The highest BCUT2D eigenvalue weighted by molar-refractivity contribution is 7.90. The summed E-state index contributed by atoms with van der Waals surface area (Å²) in [4.78, 5) is 17.0. The molecule has 0 saturated carbocycles. The van der Waals surface area contributed by atoms with Crippen molar-refractivity contribution in [3.8, 4) is 0 Å². The topological polar surface area (TPSA) is 89.3 Å². The van der Waals surface area contributed by atoms with Crippen LogP contribution in [0.4, 0.5) is 5.13 Å². The maximum atomic E-state index is 12.4. The Morgan fingerprint density at radius 3 is 2.79 bits per heavy atom. The lowest BCUT2D eigenvalue weighted by atomic mass is 10.1. The average Bonchev–Trinajstić information content (AvgIpc) is 3.25. The van der Waals surface area contributed by atoms with Gasteiger partial charge in [-0.3, -0.25) is 10.1 Å². The van der Waals surface area contributed by atoms with E-state index in [1.807, 2.05) is 31.2 Å². The van der Waals surface area contributed by atoms with Gasteiger partial charge in [0.1, 0.15) is 11.3 Å². The minimum atomic E-state index is -3.29. The number of fused-ring (bicyclic) bond motifs is 2. The third kappa shape index (κ3) is 3.94. The molecule has 6 nitrogen and oxygen atoms in total. The molecule has 2 heterocycles. The van der Waals surface area contributed by atoms with Gasteiger partial charge in [-0.15, -0.1) is 0 Å². The first-order valence-electron chi connectivity index (χ1n) is 8.95. The monoisotopic (exact) mass is 426 g/mol. The second-order valence-electron chi connectivity index (χ2n) is 6.53. The van der Waals surface area contributed by atoms with Gasteiger partial charge >= 0.3 is 0 Å². The Morgan fingerprint density at radius 2 is 2.03 bits per heavy atom. The van der Waals surface area contributed by atoms with Crippen LogP contribution in [0.5, 0.6) is 0 Å². The number of aryl methyl sites for hydroxylation is 1. The number of hydrogen-bond donors (Lipinski definition) is 1. The second kappa shape index (κ2) is 7.46. The molecule has 4 aromatic rings. The molecule has 0 atom stereocenters. The first-order chi connectivity index (χ1) is 13.8. The quantitative estimate of drug-likeness (QED) is 0.469. The lowest BCUT2D eigenvalue weighted by molar-refractivity contribution is -0.111. The molecule has 0 saturated heterocycles. The molecule has 0 aliphatic heterocycles. The Morgan fingerprint density at radius 1 is 1.24 bits per heavy atom. The van der Waals surface area contributed by atoms with E-state index >= 15 is 0 Å². The fraction of sp³-hybridized carbons (Fsp3) is 0.143. The zero-order chi connectivity index (χ0) is 20.6. The molecule has 148 valence electrons. The number of anilines is 1. The fourth-order valence-corrected chi connectivity index (χ4v) is 4.69. The van der Waals surface area contributed by atoms with Crippen molar-refractivity contribution < 1.29 is 17.6 Å². The van der Waals surface area contributed by atoms with Crippen LogP contribution in [0.25, 0.3) is 27.3 Å². The van der Waals surface area contributed by atoms with Crippen molar-refractivity contribution in [2.24, 2.45) is 0 Å². The number of carbonyl (C=O) groups is 1. The van der Waals surface area contributed by atoms with Gasteiger partial charge in [0.2, 0.25) is 5.91 Å². The van der Waals surface area contributed by atoms with E-state index in [0.29, 0.717) is 15.3 Å². The van der Waals surface area contributed by atoms with Gasteiger partial charge < -0.3 is 4.42 Å². The molecule has 2 aromatic heterocycles. The molecule has 0 spiro atoms. The van der Waals surface area contributed by atoms with Crippen molar-refractivity contribution in [1.29, 1.82) is 0 Å². The second-order valence-corrected chi connectivity index (χ2v) is 9.58. The van der Waals surface area contributed by atoms with Crippen molar-refractivity contribution >= 4 is 59.5 Å². The van der Waals surface area contributed by atoms with Crippen molar-refractivity contribution in [2.75, 3.05) is 11.6 Å². The van der Waals surface area contributed by atoms with Crippen LogP contribution in [0.15, 0.2) is 57.9 Å². The van der Waals surface area contributed by atoms with Crippen molar-refractivity contribution in [1.82, 2.24) is 4.98 Å². The number of benzene rings is 2. The zero-order valence-corrected chi connectivity index (χ0v) is 17.4. The number of thiazole rings is 1. The third-order valence-electron chi connectivity index (χ3n) is 4.45. The molecule has 0 aliphatic rings. The summed E-state index contributed by atoms with van der Waals surface area (Å²) < 4.78 is 29.9. The lowest BCUT2D eigenvalue weighted by Gasteiger charge is -1.96. The molecule has 4 rings (SSSR count). The maximum Gasteiger partial charge on any atom is 0.250 e. The maximum absolute atomic E-state index is 12.4. The molecule has 8 heteroatoms. The molecule has 1 N–H and O–H groups in total. The van der Waals surface area contributed by atoms with E-state index in [-0.39, 0.29) is 10.8 Å². The largest absolute Gasteiger partial charge is 0.460 e. The number of hydrogen-bond acceptors (Lipinski definition) is 6. The van der Waals surface area contributed by atoms with E-state index < -0.39 is 9.84 Å². The summed E-state index contributed by atoms with van der Waals surface area (Å²) in [6.45, 7) is 2.00. The normalized spacial score (nSPS) is 12.2. The number of para-hydroxylation sites is 1. The van der Waals surface area contributed by atoms with Crippen molar-refractivity contribution in [3.63, 3.8) is 0 Å². The van der Waals surface area contributed by atoms with Crippen LogP contribution >= 0.6 is 11.3 Å². The Hall–Kier alpha value is -2.97. The Kier molecular flexibility index (Phi) is 4.97. The summed E-state index contributed by atoms with van der Waals surface area (Å²) in [5.41, 5.74) is 2.31.